The molecule has 1 aromatic heterocycles. The molecule has 1 aromatic rings. The van der Waals surface area contributed by atoms with E-state index in [4.69, 9.17) is 4.74 Å². The van der Waals surface area contributed by atoms with E-state index < -0.39 is 6.10 Å². The van der Waals surface area contributed by atoms with Crippen LogP contribution in [0.5, 0.6) is 0 Å². The first kappa shape index (κ1) is 10.2. The van der Waals surface area contributed by atoms with E-state index >= 15 is 0 Å². The molecule has 88 valence electrons. The molecule has 0 bridgehead atoms. The molecule has 2 atom stereocenters. The Morgan fingerprint density at radius 1 is 1.25 bits per heavy atom. The van der Waals surface area contributed by atoms with Gasteiger partial charge in [-0.25, -0.2) is 9.67 Å². The van der Waals surface area contributed by atoms with E-state index in [0.29, 0.717) is 0 Å². The summed E-state index contributed by atoms with van der Waals surface area (Å²) in [7, 11) is 0. The van der Waals surface area contributed by atoms with Crippen LogP contribution < -0.4 is 0 Å². The topological polar surface area (TPSA) is 60.2 Å². The molecule has 0 spiro atoms. The molecule has 3 rings (SSSR count). The predicted molar refractivity (Wildman–Crippen MR) is 56.8 cm³/mol. The normalized spacial score (nSPS) is 30.1. The Kier molecular flexibility index (Phi) is 2.65. The Balaban J connectivity index is 1.85. The van der Waals surface area contributed by atoms with Crippen LogP contribution in [0.4, 0.5) is 0 Å². The summed E-state index contributed by atoms with van der Waals surface area (Å²) in [5.41, 5.74) is 0. The van der Waals surface area contributed by atoms with E-state index in [2.05, 4.69) is 10.1 Å². The van der Waals surface area contributed by atoms with Crippen molar-refractivity contribution in [2.24, 2.45) is 0 Å². The van der Waals surface area contributed by atoms with Crippen LogP contribution in [0.1, 0.15) is 56.0 Å². The number of aliphatic hydroxyl groups is 1. The summed E-state index contributed by atoms with van der Waals surface area (Å²) in [6, 6.07) is 0. The van der Waals surface area contributed by atoms with Crippen LogP contribution in [0, 0.1) is 0 Å². The highest BCUT2D eigenvalue weighted by molar-refractivity contribution is 5.02. The third kappa shape index (κ3) is 1.74. The average Bonchev–Trinajstić information content (AvgIpc) is 2.76. The molecule has 0 radical (unpaired) electrons. The number of fused-ring (bicyclic) bond motifs is 1. The minimum absolute atomic E-state index is 0.0408. The monoisotopic (exact) mass is 223 g/mol. The van der Waals surface area contributed by atoms with Crippen LogP contribution in [0.15, 0.2) is 0 Å². The van der Waals surface area contributed by atoms with Crippen LogP contribution in [0.25, 0.3) is 0 Å². The lowest BCUT2D eigenvalue weighted by atomic mass is 10.1. The first-order valence-corrected chi connectivity index (χ1v) is 6.09. The Labute approximate surface area is 94.4 Å². The molecule has 1 N–H and O–H groups in total. The highest BCUT2D eigenvalue weighted by atomic mass is 16.5. The third-order valence-electron chi connectivity index (χ3n) is 3.33. The van der Waals surface area contributed by atoms with Crippen LogP contribution in [0.3, 0.4) is 0 Å². The quantitative estimate of drug-likeness (QED) is 0.780. The van der Waals surface area contributed by atoms with Crippen molar-refractivity contribution in [2.75, 3.05) is 6.61 Å². The molecule has 2 aliphatic rings. The van der Waals surface area contributed by atoms with E-state index in [-0.39, 0.29) is 6.10 Å². The van der Waals surface area contributed by atoms with Gasteiger partial charge in [-0.15, -0.1) is 0 Å². The van der Waals surface area contributed by atoms with E-state index in [1.54, 1.807) is 0 Å². The molecule has 0 aromatic carbocycles. The zero-order chi connectivity index (χ0) is 11.0. The summed E-state index contributed by atoms with van der Waals surface area (Å²) in [5, 5.41) is 14.3. The predicted octanol–water partition coefficient (Wildman–Crippen LogP) is 1.35. The number of ether oxygens (including phenoxy) is 1. The second-order valence-electron chi connectivity index (χ2n) is 4.56. The van der Waals surface area contributed by atoms with Crippen molar-refractivity contribution in [1.82, 2.24) is 14.8 Å². The minimum atomic E-state index is -0.446. The Hall–Kier alpha value is -0.940. The molecule has 2 aliphatic heterocycles. The van der Waals surface area contributed by atoms with Gasteiger partial charge in [0, 0.05) is 13.2 Å². The molecule has 5 heteroatoms. The van der Waals surface area contributed by atoms with Gasteiger partial charge < -0.3 is 9.84 Å². The highest BCUT2D eigenvalue weighted by Gasteiger charge is 2.26. The number of hydrogen-bond acceptors (Lipinski definition) is 4. The third-order valence-corrected chi connectivity index (χ3v) is 3.33. The van der Waals surface area contributed by atoms with Gasteiger partial charge in [0.05, 0.1) is 0 Å². The summed E-state index contributed by atoms with van der Waals surface area (Å²) < 4.78 is 7.49. The van der Waals surface area contributed by atoms with E-state index in [9.17, 15) is 5.11 Å². The Morgan fingerprint density at radius 3 is 2.94 bits per heavy atom. The summed E-state index contributed by atoms with van der Waals surface area (Å²) in [6.07, 6.45) is 4.67. The van der Waals surface area contributed by atoms with Gasteiger partial charge in [0.25, 0.3) is 0 Å². The first-order valence-electron chi connectivity index (χ1n) is 6.09. The number of rotatable bonds is 1. The van der Waals surface area contributed by atoms with Crippen molar-refractivity contribution < 1.29 is 9.84 Å². The second-order valence-corrected chi connectivity index (χ2v) is 4.56. The standard InChI is InChI=1S/C11H17N3O2/c15-8-4-3-6-14-11(8)12-10(13-14)9-5-1-2-7-16-9/h8-9,15H,1-7H2. The molecule has 1 saturated heterocycles. The molecule has 0 aliphatic carbocycles. The maximum atomic E-state index is 9.81. The fourth-order valence-corrected chi connectivity index (χ4v) is 2.43. The molecule has 2 unspecified atom stereocenters. The number of hydrogen-bond donors (Lipinski definition) is 1. The van der Waals surface area contributed by atoms with Gasteiger partial charge in [-0.1, -0.05) is 0 Å². The van der Waals surface area contributed by atoms with Gasteiger partial charge in [-0.2, -0.15) is 5.10 Å². The van der Waals surface area contributed by atoms with Crippen molar-refractivity contribution in [1.29, 1.82) is 0 Å². The second kappa shape index (κ2) is 4.14. The molecule has 0 amide bonds. The van der Waals surface area contributed by atoms with Crippen molar-refractivity contribution in [2.45, 2.75) is 50.9 Å². The van der Waals surface area contributed by atoms with Crippen molar-refractivity contribution >= 4 is 0 Å². The van der Waals surface area contributed by atoms with Gasteiger partial charge in [0.2, 0.25) is 0 Å². The maximum absolute atomic E-state index is 9.81. The van der Waals surface area contributed by atoms with Gasteiger partial charge in [0.15, 0.2) is 11.6 Å². The lowest BCUT2D eigenvalue weighted by molar-refractivity contribution is 0.00934. The molecule has 0 saturated carbocycles. The average molecular weight is 223 g/mol. The fourth-order valence-electron chi connectivity index (χ4n) is 2.43. The van der Waals surface area contributed by atoms with Gasteiger partial charge >= 0.3 is 0 Å². The summed E-state index contributed by atoms with van der Waals surface area (Å²) >= 11 is 0. The number of aromatic nitrogens is 3. The van der Waals surface area contributed by atoms with Crippen LogP contribution in [-0.2, 0) is 11.3 Å². The van der Waals surface area contributed by atoms with Crippen LogP contribution in [0.2, 0.25) is 0 Å². The van der Waals surface area contributed by atoms with E-state index in [1.165, 1.54) is 6.42 Å². The van der Waals surface area contributed by atoms with Crippen molar-refractivity contribution in [3.8, 4) is 0 Å². The fraction of sp³-hybridized carbons (Fsp3) is 0.818. The highest BCUT2D eigenvalue weighted by Crippen LogP contribution is 2.29. The largest absolute Gasteiger partial charge is 0.385 e. The summed E-state index contributed by atoms with van der Waals surface area (Å²) in [4.78, 5) is 4.43. The maximum Gasteiger partial charge on any atom is 0.179 e. The summed E-state index contributed by atoms with van der Waals surface area (Å²) in [6.45, 7) is 1.67. The Morgan fingerprint density at radius 2 is 2.19 bits per heavy atom. The van der Waals surface area contributed by atoms with Gasteiger partial charge in [-0.3, -0.25) is 0 Å². The van der Waals surface area contributed by atoms with Gasteiger partial charge in [0.1, 0.15) is 12.2 Å². The minimum Gasteiger partial charge on any atom is -0.385 e. The van der Waals surface area contributed by atoms with Gasteiger partial charge in [-0.05, 0) is 32.1 Å². The Bertz CT molecular complexity index is 371. The number of nitrogens with zero attached hydrogens (tertiary/aromatic N) is 3. The van der Waals surface area contributed by atoms with Crippen molar-refractivity contribution in [3.63, 3.8) is 0 Å². The molecule has 5 nitrogen and oxygen atoms in total. The first-order chi connectivity index (χ1) is 7.84. The molecule has 1 fully saturated rings. The lowest BCUT2D eigenvalue weighted by Crippen LogP contribution is -2.16. The molecule has 3 heterocycles. The molecular weight excluding hydrogens is 206 g/mol. The molecule has 16 heavy (non-hydrogen) atoms. The van der Waals surface area contributed by atoms with Crippen LogP contribution >= 0.6 is 0 Å². The SMILES string of the molecule is OC1CCCn2nc(C3CCCCO3)nc21. The summed E-state index contributed by atoms with van der Waals surface area (Å²) in [5.74, 6) is 1.48. The lowest BCUT2D eigenvalue weighted by Gasteiger charge is -2.19. The zero-order valence-corrected chi connectivity index (χ0v) is 9.30. The number of aryl methyl sites for hydroxylation is 1. The smallest absolute Gasteiger partial charge is 0.179 e. The van der Waals surface area contributed by atoms with E-state index in [0.717, 1.165) is 50.5 Å². The zero-order valence-electron chi connectivity index (χ0n) is 9.30. The van der Waals surface area contributed by atoms with E-state index in [1.807, 2.05) is 4.68 Å². The molecular formula is C11H17N3O2. The van der Waals surface area contributed by atoms with Crippen molar-refractivity contribution in [3.05, 3.63) is 11.6 Å². The van der Waals surface area contributed by atoms with Crippen LogP contribution in [-0.4, -0.2) is 26.5 Å². The number of aliphatic hydroxyl groups excluding tert-OH is 1.